The van der Waals surface area contributed by atoms with Gasteiger partial charge in [0.25, 0.3) is 0 Å². The van der Waals surface area contributed by atoms with E-state index in [1.807, 2.05) is 0 Å². The number of rotatable bonds is 5. The van der Waals surface area contributed by atoms with Crippen LogP contribution in [-0.2, 0) is 10.8 Å². The van der Waals surface area contributed by atoms with Crippen molar-refractivity contribution in [3.63, 3.8) is 0 Å². The van der Waals surface area contributed by atoms with Gasteiger partial charge in [-0.2, -0.15) is 0 Å². The maximum atomic E-state index is 2.51. The van der Waals surface area contributed by atoms with Crippen LogP contribution in [0.25, 0.3) is 33.4 Å². The molecule has 0 aromatic heterocycles. The van der Waals surface area contributed by atoms with E-state index in [0.717, 1.165) is 17.1 Å². The molecule has 0 atom stereocenters. The molecule has 0 fully saturated rings. The van der Waals surface area contributed by atoms with Gasteiger partial charge in [-0.1, -0.05) is 175 Å². The lowest BCUT2D eigenvalue weighted by Crippen LogP contribution is -2.29. The van der Waals surface area contributed by atoms with Gasteiger partial charge < -0.3 is 4.90 Å². The summed E-state index contributed by atoms with van der Waals surface area (Å²) in [4.78, 5) is 2.48. The molecule has 61 heavy (non-hydrogen) atoms. The first-order valence-corrected chi connectivity index (χ1v) is 21.6. The highest BCUT2D eigenvalue weighted by Crippen LogP contribution is 2.64. The zero-order valence-corrected chi connectivity index (χ0v) is 35.0. The molecule has 0 saturated carbocycles. The lowest BCUT2D eigenvalue weighted by Gasteiger charge is -2.35. The summed E-state index contributed by atoms with van der Waals surface area (Å²) in [6, 6.07) is 75.9. The molecule has 9 aromatic rings. The van der Waals surface area contributed by atoms with Gasteiger partial charge in [-0.05, 0) is 153 Å². The first-order valence-electron chi connectivity index (χ1n) is 21.6. The second-order valence-electron chi connectivity index (χ2n) is 17.4. The van der Waals surface area contributed by atoms with Crippen LogP contribution in [0.2, 0.25) is 0 Å². The number of fused-ring (bicyclic) bond motifs is 13. The molecule has 3 aliphatic carbocycles. The molecule has 0 saturated heterocycles. The zero-order chi connectivity index (χ0) is 41.0. The Balaban J connectivity index is 1.13. The first-order chi connectivity index (χ1) is 29.9. The van der Waals surface area contributed by atoms with E-state index in [4.69, 9.17) is 0 Å². The minimum Gasteiger partial charge on any atom is -0.310 e. The monoisotopic (exact) mass is 779 g/mol. The highest BCUT2D eigenvalue weighted by molar-refractivity contribution is 5.98. The van der Waals surface area contributed by atoms with Crippen LogP contribution >= 0.6 is 0 Å². The van der Waals surface area contributed by atoms with Crippen LogP contribution < -0.4 is 4.90 Å². The van der Waals surface area contributed by atoms with Gasteiger partial charge >= 0.3 is 0 Å². The largest absolute Gasteiger partial charge is 0.310 e. The second-order valence-corrected chi connectivity index (χ2v) is 17.4. The minimum atomic E-state index is -0.512. The summed E-state index contributed by atoms with van der Waals surface area (Å²) < 4.78 is 0. The molecule has 9 aromatic carbocycles. The van der Waals surface area contributed by atoms with E-state index >= 15 is 0 Å². The highest BCUT2D eigenvalue weighted by Gasteiger charge is 2.53. The molecule has 0 aliphatic heterocycles. The van der Waals surface area contributed by atoms with Crippen molar-refractivity contribution in [1.29, 1.82) is 0 Å². The SMILES string of the molecule is Cc1ccc(C2(c3ccc(C)cc3)c3ccccc3-c3ccc(N(c4ccccc4)c4ccc5c(c4)C4(c6ccccc6-5)c5cccc(C)c5-c5c(C)cccc54)cc32)cc1. The molecule has 0 unspecified atom stereocenters. The minimum absolute atomic E-state index is 0.446. The summed E-state index contributed by atoms with van der Waals surface area (Å²) in [6.07, 6.45) is 0. The smallest absolute Gasteiger partial charge is 0.0726 e. The van der Waals surface area contributed by atoms with Gasteiger partial charge in [0, 0.05) is 17.1 Å². The van der Waals surface area contributed by atoms with Crippen molar-refractivity contribution in [2.75, 3.05) is 4.90 Å². The van der Waals surface area contributed by atoms with Gasteiger partial charge in [-0.15, -0.1) is 0 Å². The summed E-state index contributed by atoms with van der Waals surface area (Å²) in [7, 11) is 0. The fourth-order valence-corrected chi connectivity index (χ4v) is 11.6. The van der Waals surface area contributed by atoms with E-state index in [1.54, 1.807) is 0 Å². The summed E-state index contributed by atoms with van der Waals surface area (Å²) in [6.45, 7) is 8.92. The van der Waals surface area contributed by atoms with Crippen molar-refractivity contribution >= 4 is 17.1 Å². The Morgan fingerprint density at radius 1 is 0.295 bits per heavy atom. The number of para-hydroxylation sites is 1. The lowest BCUT2D eigenvalue weighted by molar-refractivity contribution is 0.767. The van der Waals surface area contributed by atoms with Crippen molar-refractivity contribution in [2.45, 2.75) is 38.5 Å². The zero-order valence-electron chi connectivity index (χ0n) is 35.0. The third kappa shape index (κ3) is 4.78. The third-order valence-corrected chi connectivity index (χ3v) is 14.2. The van der Waals surface area contributed by atoms with Gasteiger partial charge in [0.15, 0.2) is 0 Å². The van der Waals surface area contributed by atoms with E-state index in [2.05, 4.69) is 233 Å². The van der Waals surface area contributed by atoms with Crippen molar-refractivity contribution in [3.8, 4) is 33.4 Å². The number of aryl methyl sites for hydroxylation is 4. The predicted molar refractivity (Wildman–Crippen MR) is 254 cm³/mol. The average Bonchev–Trinajstić information content (AvgIpc) is 3.88. The van der Waals surface area contributed by atoms with E-state index in [1.165, 1.54) is 100 Å². The number of hydrogen-bond donors (Lipinski definition) is 0. The van der Waals surface area contributed by atoms with E-state index in [-0.39, 0.29) is 0 Å². The maximum Gasteiger partial charge on any atom is 0.0726 e. The molecule has 3 aliphatic rings. The quantitative estimate of drug-likeness (QED) is 0.168. The molecular weight excluding hydrogens is 735 g/mol. The molecular formula is C60H45N. The van der Waals surface area contributed by atoms with Gasteiger partial charge in [0.1, 0.15) is 0 Å². The van der Waals surface area contributed by atoms with Crippen molar-refractivity contribution in [3.05, 3.63) is 267 Å². The Bertz CT molecular complexity index is 3130. The number of hydrogen-bond acceptors (Lipinski definition) is 1. The third-order valence-electron chi connectivity index (χ3n) is 14.2. The summed E-state index contributed by atoms with van der Waals surface area (Å²) in [5, 5.41) is 0. The summed E-state index contributed by atoms with van der Waals surface area (Å²) in [5.74, 6) is 0. The Hall–Kier alpha value is -7.22. The van der Waals surface area contributed by atoms with Crippen LogP contribution in [0, 0.1) is 27.7 Å². The molecule has 1 heteroatoms. The van der Waals surface area contributed by atoms with Crippen LogP contribution in [0.5, 0.6) is 0 Å². The van der Waals surface area contributed by atoms with Gasteiger partial charge in [-0.3, -0.25) is 0 Å². The molecule has 0 radical (unpaired) electrons. The Morgan fingerprint density at radius 2 is 0.705 bits per heavy atom. The highest BCUT2D eigenvalue weighted by atomic mass is 15.1. The van der Waals surface area contributed by atoms with Crippen LogP contribution in [0.15, 0.2) is 200 Å². The maximum absolute atomic E-state index is 2.51. The van der Waals surface area contributed by atoms with Crippen LogP contribution in [-0.4, -0.2) is 0 Å². The molecule has 0 amide bonds. The van der Waals surface area contributed by atoms with Gasteiger partial charge in [-0.25, -0.2) is 0 Å². The van der Waals surface area contributed by atoms with E-state index < -0.39 is 10.8 Å². The summed E-state index contributed by atoms with van der Waals surface area (Å²) in [5.41, 5.74) is 26.2. The molecule has 0 heterocycles. The fourth-order valence-electron chi connectivity index (χ4n) is 11.6. The molecule has 0 N–H and O–H groups in total. The van der Waals surface area contributed by atoms with Crippen molar-refractivity contribution in [1.82, 2.24) is 0 Å². The number of benzene rings is 9. The first kappa shape index (κ1) is 35.7. The van der Waals surface area contributed by atoms with Crippen LogP contribution in [0.3, 0.4) is 0 Å². The molecule has 1 nitrogen and oxygen atoms in total. The van der Waals surface area contributed by atoms with Crippen molar-refractivity contribution in [2.24, 2.45) is 0 Å². The van der Waals surface area contributed by atoms with Gasteiger partial charge in [0.2, 0.25) is 0 Å². The molecule has 12 rings (SSSR count). The Morgan fingerprint density at radius 3 is 1.21 bits per heavy atom. The normalized spacial score (nSPS) is 14.2. The van der Waals surface area contributed by atoms with Crippen LogP contribution in [0.4, 0.5) is 17.1 Å². The molecule has 290 valence electrons. The predicted octanol–water partition coefficient (Wildman–Crippen LogP) is 15.1. The van der Waals surface area contributed by atoms with Crippen LogP contribution in [0.1, 0.15) is 66.8 Å². The summed E-state index contributed by atoms with van der Waals surface area (Å²) >= 11 is 0. The molecule has 1 spiro atoms. The van der Waals surface area contributed by atoms with E-state index in [9.17, 15) is 0 Å². The Kier molecular flexibility index (Phi) is 7.69. The molecule has 0 bridgehead atoms. The van der Waals surface area contributed by atoms with Crippen molar-refractivity contribution < 1.29 is 0 Å². The van der Waals surface area contributed by atoms with E-state index in [0.29, 0.717) is 0 Å². The topological polar surface area (TPSA) is 3.24 Å². The lowest BCUT2D eigenvalue weighted by atomic mass is 9.67. The number of nitrogens with zero attached hydrogens (tertiary/aromatic N) is 1. The average molecular weight is 780 g/mol. The standard InChI is InChI=1S/C60H45N/c1-38-24-28-42(29-25-38)59(43-30-26-39(2)27-31-43)51-20-10-8-18-47(51)49-34-32-45(36-55(49)59)61(44-16-6-5-7-17-44)46-33-35-50-48-19-9-11-21-52(48)60(56(50)37-46)53-22-12-14-40(3)57(53)58-41(4)15-13-23-54(58)60/h5-37H,1-4H3. The second kappa shape index (κ2) is 13.1. The Labute approximate surface area is 359 Å². The number of anilines is 3. The fraction of sp³-hybridized carbons (Fsp3) is 0.100. The van der Waals surface area contributed by atoms with Gasteiger partial charge in [0.05, 0.1) is 10.8 Å².